The van der Waals surface area contributed by atoms with Gasteiger partial charge < -0.3 is 0 Å². The minimum atomic E-state index is 0.550. The number of fused-ring (bicyclic) bond motifs is 4. The molecule has 0 N–H and O–H groups in total. The van der Waals surface area contributed by atoms with E-state index in [-0.39, 0.29) is 0 Å². The molecule has 4 aliphatic rings. The summed E-state index contributed by atoms with van der Waals surface area (Å²) in [6, 6.07) is 0. The van der Waals surface area contributed by atoms with Gasteiger partial charge >= 0.3 is 0 Å². The predicted molar refractivity (Wildman–Crippen MR) is 122 cm³/mol. The number of hydrogen-bond donors (Lipinski definition) is 0. The molecule has 0 amide bonds. The van der Waals surface area contributed by atoms with Crippen molar-refractivity contribution in [3.05, 3.63) is 11.1 Å². The van der Waals surface area contributed by atoms with Gasteiger partial charge in [-0.15, -0.1) is 0 Å². The van der Waals surface area contributed by atoms with Gasteiger partial charge in [-0.2, -0.15) is 0 Å². The molecule has 0 heterocycles. The maximum absolute atomic E-state index is 2.71. The van der Waals surface area contributed by atoms with E-state index in [4.69, 9.17) is 0 Å². The maximum atomic E-state index is 2.71. The van der Waals surface area contributed by atoms with Crippen LogP contribution in [0, 0.1) is 46.3 Å². The quantitative estimate of drug-likeness (QED) is 0.415. The standard InChI is InChI=1S/C28H48/c1-19(2)8-7-9-21(4)24-12-13-25-23-11-10-22-18-20(3)14-16-27(22,5)26(23)15-17-28(24,25)6/h19-22,24,26H,7-18H2,1-6H3/t20?,21-,22?,24-,26+,27+,28-/m1/s1. The molecule has 28 heavy (non-hydrogen) atoms. The molecule has 0 aromatic heterocycles. The van der Waals surface area contributed by atoms with Crippen LogP contribution in [0.15, 0.2) is 11.1 Å². The SMILES string of the molecule is CC(C)CCC[C@@H](C)[C@H]1CCC2=C3CCC4CC(C)CC[C@]4(C)[C@H]3CC[C@@]21C. The van der Waals surface area contributed by atoms with Gasteiger partial charge in [0.1, 0.15) is 0 Å². The Kier molecular flexibility index (Phi) is 5.83. The highest BCUT2D eigenvalue weighted by atomic mass is 14.6. The van der Waals surface area contributed by atoms with Crippen LogP contribution in [-0.4, -0.2) is 0 Å². The summed E-state index contributed by atoms with van der Waals surface area (Å²) in [4.78, 5) is 0. The first kappa shape index (κ1) is 21.0. The van der Waals surface area contributed by atoms with Crippen molar-refractivity contribution in [1.29, 1.82) is 0 Å². The lowest BCUT2D eigenvalue weighted by atomic mass is 9.48. The summed E-state index contributed by atoms with van der Waals surface area (Å²) in [5.74, 6) is 5.68. The van der Waals surface area contributed by atoms with E-state index in [9.17, 15) is 0 Å². The third-order valence-electron chi connectivity index (χ3n) is 10.5. The van der Waals surface area contributed by atoms with Crippen LogP contribution in [-0.2, 0) is 0 Å². The lowest BCUT2D eigenvalue weighted by Gasteiger charge is -2.57. The molecule has 0 nitrogen and oxygen atoms in total. The number of hydrogen-bond acceptors (Lipinski definition) is 0. The molecule has 0 heteroatoms. The molecule has 0 spiro atoms. The Morgan fingerprint density at radius 3 is 2.46 bits per heavy atom. The molecule has 0 aromatic carbocycles. The van der Waals surface area contributed by atoms with Crippen LogP contribution in [0.25, 0.3) is 0 Å². The van der Waals surface area contributed by atoms with Crippen LogP contribution >= 0.6 is 0 Å². The summed E-state index contributed by atoms with van der Waals surface area (Å²) in [5.41, 5.74) is 5.17. The van der Waals surface area contributed by atoms with Crippen LogP contribution in [0.1, 0.15) is 119 Å². The van der Waals surface area contributed by atoms with Gasteiger partial charge in [0.05, 0.1) is 0 Å². The van der Waals surface area contributed by atoms with Crippen molar-refractivity contribution in [3.8, 4) is 0 Å². The summed E-state index contributed by atoms with van der Waals surface area (Å²) in [7, 11) is 0. The van der Waals surface area contributed by atoms with E-state index in [0.29, 0.717) is 10.8 Å². The van der Waals surface area contributed by atoms with Crippen LogP contribution < -0.4 is 0 Å². The molecule has 3 fully saturated rings. The van der Waals surface area contributed by atoms with E-state index < -0.39 is 0 Å². The third kappa shape index (κ3) is 3.43. The summed E-state index contributed by atoms with van der Waals surface area (Å²) < 4.78 is 0. The van der Waals surface area contributed by atoms with Gasteiger partial charge in [-0.1, -0.05) is 78.4 Å². The smallest absolute Gasteiger partial charge is 0.00825 e. The highest BCUT2D eigenvalue weighted by Gasteiger charge is 2.55. The Bertz CT molecular complexity index is 597. The molecule has 0 aliphatic heterocycles. The second kappa shape index (κ2) is 7.77. The zero-order chi connectivity index (χ0) is 20.1. The number of rotatable bonds is 5. The lowest BCUT2D eigenvalue weighted by Crippen LogP contribution is -2.47. The van der Waals surface area contributed by atoms with Gasteiger partial charge in [0.25, 0.3) is 0 Å². The maximum Gasteiger partial charge on any atom is -0.00825 e. The molecule has 0 radical (unpaired) electrons. The lowest BCUT2D eigenvalue weighted by molar-refractivity contribution is -0.00621. The molecule has 4 rings (SSSR count). The van der Waals surface area contributed by atoms with Crippen molar-refractivity contribution < 1.29 is 0 Å². The molecule has 4 aliphatic carbocycles. The van der Waals surface area contributed by atoms with E-state index in [0.717, 1.165) is 35.5 Å². The Morgan fingerprint density at radius 2 is 1.71 bits per heavy atom. The monoisotopic (exact) mass is 384 g/mol. The van der Waals surface area contributed by atoms with Gasteiger partial charge in [0, 0.05) is 0 Å². The predicted octanol–water partition coefficient (Wildman–Crippen LogP) is 8.81. The van der Waals surface area contributed by atoms with Gasteiger partial charge in [0.2, 0.25) is 0 Å². The number of allylic oxidation sites excluding steroid dienone is 2. The first-order valence-electron chi connectivity index (χ1n) is 13.0. The average Bonchev–Trinajstić information content (AvgIpc) is 2.99. The van der Waals surface area contributed by atoms with Gasteiger partial charge in [-0.05, 0) is 97.7 Å². The van der Waals surface area contributed by atoms with Crippen LogP contribution in [0.5, 0.6) is 0 Å². The van der Waals surface area contributed by atoms with Crippen molar-refractivity contribution in [2.45, 2.75) is 119 Å². The normalized spacial score (nSPS) is 44.2. The van der Waals surface area contributed by atoms with Gasteiger partial charge in [-0.25, -0.2) is 0 Å². The molecule has 160 valence electrons. The highest BCUT2D eigenvalue weighted by molar-refractivity contribution is 5.34. The second-order valence-corrected chi connectivity index (χ2v) is 12.6. The Balaban J connectivity index is 1.53. The van der Waals surface area contributed by atoms with Gasteiger partial charge in [0.15, 0.2) is 0 Å². The van der Waals surface area contributed by atoms with E-state index in [1.54, 1.807) is 0 Å². The van der Waals surface area contributed by atoms with Crippen molar-refractivity contribution in [1.82, 2.24) is 0 Å². The zero-order valence-electron chi connectivity index (χ0n) is 19.9. The molecule has 7 atom stereocenters. The first-order chi connectivity index (χ1) is 13.3. The zero-order valence-corrected chi connectivity index (χ0v) is 19.9. The topological polar surface area (TPSA) is 0 Å². The van der Waals surface area contributed by atoms with E-state index in [1.165, 1.54) is 77.0 Å². The van der Waals surface area contributed by atoms with E-state index in [1.807, 2.05) is 11.1 Å². The molecular formula is C28H48. The molecule has 0 bridgehead atoms. The largest absolute Gasteiger partial charge is 0.0668 e. The van der Waals surface area contributed by atoms with Crippen molar-refractivity contribution >= 4 is 0 Å². The minimum Gasteiger partial charge on any atom is -0.0668 e. The summed E-state index contributed by atoms with van der Waals surface area (Å²) in [6.45, 7) is 15.3. The highest BCUT2D eigenvalue weighted by Crippen LogP contribution is 2.66. The fourth-order valence-corrected chi connectivity index (χ4v) is 8.71. The molecule has 2 unspecified atom stereocenters. The molecule has 3 saturated carbocycles. The van der Waals surface area contributed by atoms with Crippen molar-refractivity contribution in [2.75, 3.05) is 0 Å². The minimum absolute atomic E-state index is 0.550. The summed E-state index contributed by atoms with van der Waals surface area (Å²) in [6.07, 6.45) is 17.7. The fraction of sp³-hybridized carbons (Fsp3) is 0.929. The van der Waals surface area contributed by atoms with Crippen LogP contribution in [0.2, 0.25) is 0 Å². The third-order valence-corrected chi connectivity index (χ3v) is 10.5. The second-order valence-electron chi connectivity index (χ2n) is 12.6. The van der Waals surface area contributed by atoms with Crippen LogP contribution in [0.4, 0.5) is 0 Å². The average molecular weight is 385 g/mol. The summed E-state index contributed by atoms with van der Waals surface area (Å²) >= 11 is 0. The fourth-order valence-electron chi connectivity index (χ4n) is 8.71. The Morgan fingerprint density at radius 1 is 0.929 bits per heavy atom. The van der Waals surface area contributed by atoms with Crippen molar-refractivity contribution in [3.63, 3.8) is 0 Å². The van der Waals surface area contributed by atoms with E-state index in [2.05, 4.69) is 41.5 Å². The van der Waals surface area contributed by atoms with E-state index >= 15 is 0 Å². The Labute approximate surface area is 176 Å². The molecule has 0 saturated heterocycles. The van der Waals surface area contributed by atoms with Crippen molar-refractivity contribution in [2.24, 2.45) is 46.3 Å². The van der Waals surface area contributed by atoms with Gasteiger partial charge in [-0.3, -0.25) is 0 Å². The molecular weight excluding hydrogens is 336 g/mol. The first-order valence-corrected chi connectivity index (χ1v) is 13.0. The molecule has 0 aromatic rings. The van der Waals surface area contributed by atoms with Crippen LogP contribution in [0.3, 0.4) is 0 Å². The Hall–Kier alpha value is -0.260. The summed E-state index contributed by atoms with van der Waals surface area (Å²) in [5, 5.41) is 0.